The van der Waals surface area contributed by atoms with E-state index in [2.05, 4.69) is 10.1 Å². The topological polar surface area (TPSA) is 85.1 Å². The number of hydrogen-bond donors (Lipinski definition) is 1. The van der Waals surface area contributed by atoms with Crippen molar-refractivity contribution in [2.45, 2.75) is 33.2 Å². The van der Waals surface area contributed by atoms with Crippen LogP contribution in [0.4, 0.5) is 0 Å². The van der Waals surface area contributed by atoms with Gasteiger partial charge in [0, 0.05) is 29.4 Å². The lowest BCUT2D eigenvalue weighted by molar-refractivity contribution is -0.136. The molecule has 29 heavy (non-hydrogen) atoms. The summed E-state index contributed by atoms with van der Waals surface area (Å²) >= 11 is 11.9. The molecule has 1 aromatic carbocycles. The summed E-state index contributed by atoms with van der Waals surface area (Å²) in [5.74, 6) is -0.958. The lowest BCUT2D eigenvalue weighted by Crippen LogP contribution is -2.08. The number of aromatic nitrogens is 3. The van der Waals surface area contributed by atoms with Crippen LogP contribution in [0, 0.1) is 13.8 Å². The molecule has 8 heteroatoms. The molecule has 0 spiro atoms. The molecular formula is C21H19Cl2N3O3. The van der Waals surface area contributed by atoms with E-state index in [9.17, 15) is 9.59 Å². The molecule has 2 heterocycles. The smallest absolute Gasteiger partial charge is 0.307 e. The van der Waals surface area contributed by atoms with Crippen LogP contribution >= 0.6 is 23.2 Å². The lowest BCUT2D eigenvalue weighted by atomic mass is 10.0. The van der Waals surface area contributed by atoms with E-state index in [0.717, 1.165) is 22.5 Å². The van der Waals surface area contributed by atoms with Gasteiger partial charge in [-0.25, -0.2) is 0 Å². The second kappa shape index (κ2) is 8.76. The fraction of sp³-hybridized carbons (Fsp3) is 0.238. The quantitative estimate of drug-likeness (QED) is 0.563. The molecule has 0 bridgehead atoms. The molecule has 0 atom stereocenters. The van der Waals surface area contributed by atoms with Gasteiger partial charge in [-0.05, 0) is 43.7 Å². The molecule has 0 unspecified atom stereocenters. The number of benzene rings is 1. The highest BCUT2D eigenvalue weighted by atomic mass is 35.5. The second-order valence-electron chi connectivity index (χ2n) is 6.76. The van der Waals surface area contributed by atoms with E-state index in [0.29, 0.717) is 27.8 Å². The predicted molar refractivity (Wildman–Crippen MR) is 111 cm³/mol. The molecule has 3 rings (SSSR count). The molecule has 0 radical (unpaired) electrons. The van der Waals surface area contributed by atoms with Crippen LogP contribution in [0.5, 0.6) is 0 Å². The van der Waals surface area contributed by atoms with Crippen LogP contribution in [0.3, 0.4) is 0 Å². The summed E-state index contributed by atoms with van der Waals surface area (Å²) in [6, 6.07) is 8.50. The van der Waals surface area contributed by atoms with Crippen molar-refractivity contribution >= 4 is 35.0 Å². The molecule has 0 aliphatic rings. The standard InChI is InChI=1S/C21H19Cl2N3O3/c1-12-17(9-21(28)29)13(2)26(25-12)11-16-5-3-14(10-24-16)7-20(27)15-4-6-18(22)19(23)8-15/h3-6,8,10H,7,9,11H2,1-2H3,(H,28,29). The number of carbonyl (C=O) groups is 2. The Kier molecular flexibility index (Phi) is 6.35. The van der Waals surface area contributed by atoms with Crippen LogP contribution in [0.2, 0.25) is 10.0 Å². The fourth-order valence-electron chi connectivity index (χ4n) is 3.06. The van der Waals surface area contributed by atoms with E-state index >= 15 is 0 Å². The molecule has 3 aromatic rings. The Balaban J connectivity index is 1.70. The molecule has 0 saturated heterocycles. The van der Waals surface area contributed by atoms with E-state index in [1.54, 1.807) is 36.0 Å². The molecule has 0 aliphatic carbocycles. The minimum atomic E-state index is -0.884. The predicted octanol–water partition coefficient (Wildman–Crippen LogP) is 4.30. The fourth-order valence-corrected chi connectivity index (χ4v) is 3.36. The zero-order valence-electron chi connectivity index (χ0n) is 15.9. The summed E-state index contributed by atoms with van der Waals surface area (Å²) in [7, 11) is 0. The summed E-state index contributed by atoms with van der Waals surface area (Å²) < 4.78 is 1.75. The van der Waals surface area contributed by atoms with Crippen LogP contribution in [-0.4, -0.2) is 31.6 Å². The van der Waals surface area contributed by atoms with Gasteiger partial charge in [0.1, 0.15) is 0 Å². The Morgan fingerprint density at radius 2 is 1.83 bits per heavy atom. The average molecular weight is 432 g/mol. The number of rotatable bonds is 7. The second-order valence-corrected chi connectivity index (χ2v) is 7.58. The van der Waals surface area contributed by atoms with Crippen molar-refractivity contribution in [3.8, 4) is 0 Å². The Hall–Kier alpha value is -2.70. The normalized spacial score (nSPS) is 10.9. The molecule has 2 aromatic heterocycles. The van der Waals surface area contributed by atoms with Gasteiger partial charge in [-0.15, -0.1) is 0 Å². The number of halogens is 2. The number of aryl methyl sites for hydroxylation is 1. The number of hydrogen-bond acceptors (Lipinski definition) is 4. The van der Waals surface area contributed by atoms with Crippen molar-refractivity contribution in [3.05, 3.63) is 80.3 Å². The van der Waals surface area contributed by atoms with Crippen molar-refractivity contribution in [2.24, 2.45) is 0 Å². The van der Waals surface area contributed by atoms with Gasteiger partial charge in [-0.2, -0.15) is 5.10 Å². The summed E-state index contributed by atoms with van der Waals surface area (Å²) in [6.45, 7) is 4.07. The number of Topliss-reactive ketones (excluding diaryl/α,β-unsaturated/α-hetero) is 1. The Labute approximate surface area is 178 Å². The number of nitrogens with zero attached hydrogens (tertiary/aromatic N) is 3. The molecule has 0 fully saturated rings. The van der Waals surface area contributed by atoms with Gasteiger partial charge >= 0.3 is 5.97 Å². The van der Waals surface area contributed by atoms with E-state index < -0.39 is 5.97 Å². The first-order valence-electron chi connectivity index (χ1n) is 8.91. The zero-order chi connectivity index (χ0) is 21.1. The SMILES string of the molecule is Cc1nn(Cc2ccc(CC(=O)c3ccc(Cl)c(Cl)c3)cn2)c(C)c1CC(=O)O. The summed E-state index contributed by atoms with van der Waals surface area (Å²) in [5.41, 5.74) is 4.28. The minimum Gasteiger partial charge on any atom is -0.481 e. The first kappa shape index (κ1) is 21.0. The van der Waals surface area contributed by atoms with Crippen molar-refractivity contribution in [2.75, 3.05) is 0 Å². The van der Waals surface area contributed by atoms with E-state index in [4.69, 9.17) is 28.3 Å². The first-order valence-corrected chi connectivity index (χ1v) is 9.67. The molecule has 1 N–H and O–H groups in total. The number of carbonyl (C=O) groups excluding carboxylic acids is 1. The summed E-state index contributed by atoms with van der Waals surface area (Å²) in [6.07, 6.45) is 1.81. The summed E-state index contributed by atoms with van der Waals surface area (Å²) in [5, 5.41) is 14.2. The third-order valence-corrected chi connectivity index (χ3v) is 5.40. The van der Waals surface area contributed by atoms with Crippen molar-refractivity contribution in [3.63, 3.8) is 0 Å². The highest BCUT2D eigenvalue weighted by Crippen LogP contribution is 2.23. The van der Waals surface area contributed by atoms with Crippen LogP contribution in [0.25, 0.3) is 0 Å². The van der Waals surface area contributed by atoms with E-state index in [1.165, 1.54) is 0 Å². The minimum absolute atomic E-state index is 0.0547. The number of carboxylic acids is 1. The molecule has 150 valence electrons. The maximum Gasteiger partial charge on any atom is 0.307 e. The molecule has 6 nitrogen and oxygen atoms in total. The monoisotopic (exact) mass is 431 g/mol. The van der Waals surface area contributed by atoms with Crippen LogP contribution in [-0.2, 0) is 24.2 Å². The highest BCUT2D eigenvalue weighted by Gasteiger charge is 2.15. The van der Waals surface area contributed by atoms with Crippen LogP contribution in [0.1, 0.15) is 38.6 Å². The maximum absolute atomic E-state index is 12.4. The van der Waals surface area contributed by atoms with Gasteiger partial charge in [-0.3, -0.25) is 19.3 Å². The third-order valence-electron chi connectivity index (χ3n) is 4.66. The number of carboxylic acid groups (broad SMARTS) is 1. The van der Waals surface area contributed by atoms with E-state index in [1.807, 2.05) is 19.1 Å². The van der Waals surface area contributed by atoms with Gasteiger partial charge in [0.05, 0.1) is 34.4 Å². The summed E-state index contributed by atoms with van der Waals surface area (Å²) in [4.78, 5) is 27.9. The third kappa shape index (κ3) is 5.02. The first-order chi connectivity index (χ1) is 13.7. The highest BCUT2D eigenvalue weighted by molar-refractivity contribution is 6.42. The largest absolute Gasteiger partial charge is 0.481 e. The van der Waals surface area contributed by atoms with Gasteiger partial charge in [0.15, 0.2) is 5.78 Å². The Bertz CT molecular complexity index is 1080. The van der Waals surface area contributed by atoms with E-state index in [-0.39, 0.29) is 18.6 Å². The average Bonchev–Trinajstić information content (AvgIpc) is 2.92. The van der Waals surface area contributed by atoms with Crippen molar-refractivity contribution in [1.29, 1.82) is 0 Å². The molecule has 0 amide bonds. The van der Waals surface area contributed by atoms with Gasteiger partial charge in [0.25, 0.3) is 0 Å². The lowest BCUT2D eigenvalue weighted by Gasteiger charge is -2.07. The van der Waals surface area contributed by atoms with Crippen LogP contribution < -0.4 is 0 Å². The van der Waals surface area contributed by atoms with Crippen LogP contribution in [0.15, 0.2) is 36.5 Å². The number of aliphatic carboxylic acids is 1. The number of ketones is 1. The Morgan fingerprint density at radius 3 is 2.45 bits per heavy atom. The maximum atomic E-state index is 12.4. The van der Waals surface area contributed by atoms with Crippen molar-refractivity contribution < 1.29 is 14.7 Å². The zero-order valence-corrected chi connectivity index (χ0v) is 17.5. The molecular weight excluding hydrogens is 413 g/mol. The number of pyridine rings is 1. The van der Waals surface area contributed by atoms with Crippen molar-refractivity contribution in [1.82, 2.24) is 14.8 Å². The molecule has 0 saturated carbocycles. The van der Waals surface area contributed by atoms with Gasteiger partial charge < -0.3 is 5.11 Å². The van der Waals surface area contributed by atoms with Gasteiger partial charge in [-0.1, -0.05) is 29.3 Å². The Morgan fingerprint density at radius 1 is 1.07 bits per heavy atom. The molecule has 0 aliphatic heterocycles. The van der Waals surface area contributed by atoms with Gasteiger partial charge in [0.2, 0.25) is 0 Å².